The quantitative estimate of drug-likeness (QED) is 0.234. The van der Waals surface area contributed by atoms with Gasteiger partial charge in [0, 0.05) is 0 Å². The van der Waals surface area contributed by atoms with Crippen molar-refractivity contribution in [2.24, 2.45) is 0 Å². The van der Waals surface area contributed by atoms with E-state index in [9.17, 15) is 4.79 Å². The second-order valence-electron chi connectivity index (χ2n) is 1.08. The summed E-state index contributed by atoms with van der Waals surface area (Å²) in [4.78, 5) is 9.42. The molecule has 4 heteroatoms. The lowest BCUT2D eigenvalue weighted by atomic mass is 10.7. The second-order valence-corrected chi connectivity index (χ2v) is 1.08. The highest BCUT2D eigenvalue weighted by molar-refractivity contribution is 5.44. The van der Waals surface area contributed by atoms with Gasteiger partial charge in [-0.3, -0.25) is 10.2 Å². The maximum absolute atomic E-state index is 9.42. The number of carbonyl (C=O) groups excluding carboxylic acids is 1. The summed E-state index contributed by atoms with van der Waals surface area (Å²) < 4.78 is 0. The molecule has 0 aliphatic rings. The van der Waals surface area contributed by atoms with Gasteiger partial charge >= 0.3 is 0 Å². The van der Waals surface area contributed by atoms with E-state index in [1.165, 1.54) is 6.92 Å². The van der Waals surface area contributed by atoms with Crippen LogP contribution in [0, 0.1) is 0 Å². The van der Waals surface area contributed by atoms with Crippen LogP contribution in [-0.4, -0.2) is 17.7 Å². The molecular formula is C3H8N2O2. The van der Waals surface area contributed by atoms with Gasteiger partial charge in [-0.05, 0) is 6.92 Å². The number of hydrogen-bond acceptors (Lipinski definition) is 3. The molecule has 0 aromatic rings. The summed E-state index contributed by atoms with van der Waals surface area (Å²) in [5.74, 6) is 0. The first-order valence-electron chi connectivity index (χ1n) is 1.90. The highest BCUT2D eigenvalue weighted by atomic mass is 16.3. The Bertz CT molecular complexity index is 54.9. The van der Waals surface area contributed by atoms with Crippen molar-refractivity contribution in [3.05, 3.63) is 0 Å². The number of hydrazine groups is 1. The average Bonchev–Trinajstić information content (AvgIpc) is 1.61. The van der Waals surface area contributed by atoms with Crippen LogP contribution in [0.15, 0.2) is 0 Å². The Morgan fingerprint density at radius 1 is 1.86 bits per heavy atom. The number of amides is 1. The molecule has 0 aliphatic carbocycles. The van der Waals surface area contributed by atoms with Gasteiger partial charge in [-0.15, -0.1) is 0 Å². The van der Waals surface area contributed by atoms with Crippen LogP contribution in [0.3, 0.4) is 0 Å². The predicted octanol–water partition coefficient (Wildman–Crippen LogP) is -1.42. The van der Waals surface area contributed by atoms with E-state index in [0.29, 0.717) is 6.41 Å². The predicted molar refractivity (Wildman–Crippen MR) is 24.0 cm³/mol. The van der Waals surface area contributed by atoms with Gasteiger partial charge in [0.2, 0.25) is 6.41 Å². The molecule has 0 radical (unpaired) electrons. The van der Waals surface area contributed by atoms with Crippen molar-refractivity contribution < 1.29 is 9.90 Å². The molecule has 3 N–H and O–H groups in total. The molecule has 0 rings (SSSR count). The fourth-order valence-corrected chi connectivity index (χ4v) is 0.155. The Balaban J connectivity index is 2.81. The van der Waals surface area contributed by atoms with Gasteiger partial charge in [0.25, 0.3) is 0 Å². The standard InChI is InChI=1S/C3H8N2O2/c1-3(7)5-4-2-6/h2-3,5,7H,1H3,(H,4,6). The molecule has 4 nitrogen and oxygen atoms in total. The second kappa shape index (κ2) is 3.58. The van der Waals surface area contributed by atoms with E-state index in [1.807, 2.05) is 0 Å². The Labute approximate surface area is 41.5 Å². The molecular weight excluding hydrogens is 96.0 g/mol. The summed E-state index contributed by atoms with van der Waals surface area (Å²) in [7, 11) is 0. The van der Waals surface area contributed by atoms with Gasteiger partial charge in [-0.1, -0.05) is 0 Å². The summed E-state index contributed by atoms with van der Waals surface area (Å²) in [6, 6.07) is 0. The lowest BCUT2D eigenvalue weighted by molar-refractivity contribution is -0.111. The average molecular weight is 104 g/mol. The highest BCUT2D eigenvalue weighted by Gasteiger charge is 1.85. The Kier molecular flexibility index (Phi) is 3.26. The minimum absolute atomic E-state index is 0.451. The smallest absolute Gasteiger partial charge is 0.221 e. The lowest BCUT2D eigenvalue weighted by Gasteiger charge is -2.01. The number of rotatable bonds is 3. The fourth-order valence-electron chi connectivity index (χ4n) is 0.155. The maximum Gasteiger partial charge on any atom is 0.221 e. The SMILES string of the molecule is CC(O)NNC=O. The molecule has 0 saturated heterocycles. The minimum atomic E-state index is -0.690. The molecule has 0 saturated carbocycles. The Morgan fingerprint density at radius 2 is 2.43 bits per heavy atom. The molecule has 1 atom stereocenters. The van der Waals surface area contributed by atoms with Crippen LogP contribution >= 0.6 is 0 Å². The largest absolute Gasteiger partial charge is 0.377 e. The molecule has 0 aliphatic heterocycles. The van der Waals surface area contributed by atoms with Crippen LogP contribution in [0.1, 0.15) is 6.92 Å². The van der Waals surface area contributed by atoms with E-state index in [2.05, 4.69) is 10.9 Å². The fraction of sp³-hybridized carbons (Fsp3) is 0.667. The molecule has 0 aromatic carbocycles. The van der Waals surface area contributed by atoms with E-state index in [4.69, 9.17) is 5.11 Å². The molecule has 1 unspecified atom stereocenters. The third-order valence-corrected chi connectivity index (χ3v) is 0.351. The van der Waals surface area contributed by atoms with Crippen LogP contribution in [-0.2, 0) is 4.79 Å². The summed E-state index contributed by atoms with van der Waals surface area (Å²) >= 11 is 0. The third-order valence-electron chi connectivity index (χ3n) is 0.351. The van der Waals surface area contributed by atoms with E-state index in [0.717, 1.165) is 0 Å². The van der Waals surface area contributed by atoms with Gasteiger partial charge < -0.3 is 5.11 Å². The number of aliphatic hydroxyl groups excluding tert-OH is 1. The van der Waals surface area contributed by atoms with Gasteiger partial charge in [-0.25, -0.2) is 5.43 Å². The Morgan fingerprint density at radius 3 is 2.57 bits per heavy atom. The van der Waals surface area contributed by atoms with Crippen molar-refractivity contribution in [3.8, 4) is 0 Å². The Hall–Kier alpha value is -0.610. The van der Waals surface area contributed by atoms with Crippen LogP contribution < -0.4 is 10.9 Å². The number of aliphatic hydroxyl groups is 1. The van der Waals surface area contributed by atoms with Crippen LogP contribution in [0.4, 0.5) is 0 Å². The van der Waals surface area contributed by atoms with E-state index < -0.39 is 6.23 Å². The minimum Gasteiger partial charge on any atom is -0.377 e. The first-order chi connectivity index (χ1) is 3.27. The summed E-state index contributed by atoms with van der Waals surface area (Å²) in [5, 5.41) is 8.35. The molecule has 0 spiro atoms. The van der Waals surface area contributed by atoms with Crippen molar-refractivity contribution in [1.29, 1.82) is 0 Å². The molecule has 7 heavy (non-hydrogen) atoms. The molecule has 0 bridgehead atoms. The van der Waals surface area contributed by atoms with E-state index in [-0.39, 0.29) is 0 Å². The zero-order chi connectivity index (χ0) is 5.70. The maximum atomic E-state index is 9.42. The van der Waals surface area contributed by atoms with Crippen LogP contribution in [0.5, 0.6) is 0 Å². The van der Waals surface area contributed by atoms with Crippen molar-refractivity contribution in [1.82, 2.24) is 10.9 Å². The van der Waals surface area contributed by atoms with Crippen molar-refractivity contribution >= 4 is 6.41 Å². The van der Waals surface area contributed by atoms with E-state index >= 15 is 0 Å². The number of nitrogens with one attached hydrogen (secondary N) is 2. The van der Waals surface area contributed by atoms with Crippen molar-refractivity contribution in [2.45, 2.75) is 13.2 Å². The van der Waals surface area contributed by atoms with Crippen molar-refractivity contribution in [2.75, 3.05) is 0 Å². The highest BCUT2D eigenvalue weighted by Crippen LogP contribution is 1.60. The molecule has 0 aromatic heterocycles. The van der Waals surface area contributed by atoms with Gasteiger partial charge in [0.15, 0.2) is 0 Å². The van der Waals surface area contributed by atoms with E-state index in [1.54, 1.807) is 0 Å². The first-order valence-corrected chi connectivity index (χ1v) is 1.90. The normalized spacial score (nSPS) is 12.9. The topological polar surface area (TPSA) is 61.4 Å². The van der Waals surface area contributed by atoms with Gasteiger partial charge in [0.1, 0.15) is 6.23 Å². The monoisotopic (exact) mass is 104 g/mol. The molecule has 0 heterocycles. The van der Waals surface area contributed by atoms with Gasteiger partial charge in [-0.2, -0.15) is 0 Å². The van der Waals surface area contributed by atoms with Crippen LogP contribution in [0.2, 0.25) is 0 Å². The molecule has 1 amide bonds. The van der Waals surface area contributed by atoms with Crippen LogP contribution in [0.25, 0.3) is 0 Å². The third kappa shape index (κ3) is 5.39. The summed E-state index contributed by atoms with van der Waals surface area (Å²) in [6.07, 6.45) is -0.239. The summed E-state index contributed by atoms with van der Waals surface area (Å²) in [6.45, 7) is 1.50. The molecule has 42 valence electrons. The summed E-state index contributed by atoms with van der Waals surface area (Å²) in [5.41, 5.74) is 4.30. The zero-order valence-electron chi connectivity index (χ0n) is 4.01. The van der Waals surface area contributed by atoms with Gasteiger partial charge in [0.05, 0.1) is 0 Å². The molecule has 0 fully saturated rings. The first kappa shape index (κ1) is 6.39. The lowest BCUT2D eigenvalue weighted by Crippen LogP contribution is -2.37. The number of hydrogen-bond donors (Lipinski definition) is 3. The zero-order valence-corrected chi connectivity index (χ0v) is 4.01. The number of carbonyl (C=O) groups is 1. The van der Waals surface area contributed by atoms with Crippen molar-refractivity contribution in [3.63, 3.8) is 0 Å².